The van der Waals surface area contributed by atoms with Crippen LogP contribution < -0.4 is 4.74 Å². The summed E-state index contributed by atoms with van der Waals surface area (Å²) in [6.45, 7) is 1.89. The highest BCUT2D eigenvalue weighted by molar-refractivity contribution is 6.33. The summed E-state index contributed by atoms with van der Waals surface area (Å²) in [5, 5.41) is 9.50. The zero-order valence-electron chi connectivity index (χ0n) is 9.54. The van der Waals surface area contributed by atoms with Crippen LogP contribution in [0.5, 0.6) is 5.75 Å². The summed E-state index contributed by atoms with van der Waals surface area (Å²) < 4.78 is 5.10. The van der Waals surface area contributed by atoms with Crippen molar-refractivity contribution in [2.24, 2.45) is 0 Å². The Morgan fingerprint density at radius 1 is 1.35 bits per heavy atom. The molecule has 3 nitrogen and oxygen atoms in total. The molecule has 0 aliphatic carbocycles. The van der Waals surface area contributed by atoms with Gasteiger partial charge in [-0.15, -0.1) is 0 Å². The Hall–Kier alpha value is -1.92. The van der Waals surface area contributed by atoms with E-state index in [0.29, 0.717) is 16.5 Å². The Labute approximate surface area is 105 Å². The molecule has 0 atom stereocenters. The largest absolute Gasteiger partial charge is 0.497 e. The van der Waals surface area contributed by atoms with Gasteiger partial charge in [0.15, 0.2) is 0 Å². The Bertz CT molecular complexity index is 596. The van der Waals surface area contributed by atoms with Crippen molar-refractivity contribution < 1.29 is 4.74 Å². The average molecular weight is 247 g/mol. The Kier molecular flexibility index (Phi) is 3.08. The Balaban J connectivity index is 2.54. The smallest absolute Gasteiger partial charge is 0.121 e. The van der Waals surface area contributed by atoms with E-state index in [1.54, 1.807) is 19.4 Å². The maximum Gasteiger partial charge on any atom is 0.121 e. The van der Waals surface area contributed by atoms with Gasteiger partial charge in [0, 0.05) is 17.3 Å². The van der Waals surface area contributed by atoms with Crippen LogP contribution in [0.3, 0.4) is 0 Å². The number of nitrogens with one attached hydrogen (secondary N) is 1. The van der Waals surface area contributed by atoms with Crippen molar-refractivity contribution in [3.05, 3.63) is 40.7 Å². The fourth-order valence-electron chi connectivity index (χ4n) is 1.73. The molecular weight excluding hydrogens is 236 g/mol. The highest BCUT2D eigenvalue weighted by atomic mass is 35.5. The lowest BCUT2D eigenvalue weighted by Crippen LogP contribution is -1.85. The average Bonchev–Trinajstić information content (AvgIpc) is 2.70. The van der Waals surface area contributed by atoms with Crippen LogP contribution in [0.1, 0.15) is 11.3 Å². The minimum absolute atomic E-state index is 0.562. The van der Waals surface area contributed by atoms with Crippen molar-refractivity contribution in [3.63, 3.8) is 0 Å². The van der Waals surface area contributed by atoms with Gasteiger partial charge >= 0.3 is 0 Å². The summed E-state index contributed by atoms with van der Waals surface area (Å²) in [4.78, 5) is 2.93. The van der Waals surface area contributed by atoms with Crippen molar-refractivity contribution in [1.82, 2.24) is 4.98 Å². The number of aromatic nitrogens is 1. The molecule has 0 fully saturated rings. The Morgan fingerprint density at radius 2 is 2.12 bits per heavy atom. The summed E-state index contributed by atoms with van der Waals surface area (Å²) in [7, 11) is 1.60. The van der Waals surface area contributed by atoms with E-state index in [0.717, 1.165) is 16.7 Å². The van der Waals surface area contributed by atoms with E-state index in [2.05, 4.69) is 11.1 Å². The van der Waals surface area contributed by atoms with Gasteiger partial charge in [0.25, 0.3) is 0 Å². The van der Waals surface area contributed by atoms with Crippen LogP contribution in [0.2, 0.25) is 5.02 Å². The molecule has 0 aliphatic heterocycles. The molecule has 1 aromatic carbocycles. The van der Waals surface area contributed by atoms with Gasteiger partial charge in [-0.25, -0.2) is 0 Å². The monoisotopic (exact) mass is 246 g/mol. The molecule has 0 spiro atoms. The Morgan fingerprint density at radius 3 is 2.65 bits per heavy atom. The van der Waals surface area contributed by atoms with Gasteiger partial charge < -0.3 is 9.72 Å². The first-order chi connectivity index (χ1) is 8.17. The van der Waals surface area contributed by atoms with Gasteiger partial charge in [0.05, 0.1) is 12.1 Å². The fourth-order valence-corrected chi connectivity index (χ4v) is 2.00. The van der Waals surface area contributed by atoms with Crippen molar-refractivity contribution in [1.29, 1.82) is 5.26 Å². The second kappa shape index (κ2) is 4.52. The summed E-state index contributed by atoms with van der Waals surface area (Å²) in [5.41, 5.74) is 3.29. The van der Waals surface area contributed by atoms with Crippen LogP contribution >= 0.6 is 11.6 Å². The van der Waals surface area contributed by atoms with Crippen LogP contribution in [0.15, 0.2) is 24.4 Å². The summed E-state index contributed by atoms with van der Waals surface area (Å²) >= 11 is 6.19. The normalized spacial score (nSPS) is 10.0. The van der Waals surface area contributed by atoms with E-state index in [4.69, 9.17) is 21.6 Å². The van der Waals surface area contributed by atoms with Crippen LogP contribution in [-0.2, 0) is 0 Å². The molecule has 0 bridgehead atoms. The third kappa shape index (κ3) is 2.00. The van der Waals surface area contributed by atoms with E-state index < -0.39 is 0 Å². The SMILES string of the molecule is COc1ccc(-c2c[nH]c(C#N)c2C)c(Cl)c1. The standard InChI is InChI=1S/C13H11ClN2O/c1-8-11(7-16-13(8)6-15)10-4-3-9(17-2)5-12(10)14/h3-5,7,16H,1-2H3. The molecule has 2 aromatic rings. The number of halogens is 1. The molecule has 0 saturated heterocycles. The zero-order valence-corrected chi connectivity index (χ0v) is 10.3. The summed E-state index contributed by atoms with van der Waals surface area (Å²) in [6, 6.07) is 7.60. The van der Waals surface area contributed by atoms with Gasteiger partial charge in [0.2, 0.25) is 0 Å². The lowest BCUT2D eigenvalue weighted by molar-refractivity contribution is 0.415. The van der Waals surface area contributed by atoms with Crippen molar-refractivity contribution >= 4 is 11.6 Å². The number of benzene rings is 1. The number of methoxy groups -OCH3 is 1. The molecule has 4 heteroatoms. The number of hydrogen-bond donors (Lipinski definition) is 1. The second-order valence-electron chi connectivity index (χ2n) is 3.66. The van der Waals surface area contributed by atoms with Gasteiger partial charge in [-0.05, 0) is 30.7 Å². The van der Waals surface area contributed by atoms with E-state index in [9.17, 15) is 0 Å². The molecule has 0 radical (unpaired) electrons. The molecule has 86 valence electrons. The predicted octanol–water partition coefficient (Wildman–Crippen LogP) is 3.52. The topological polar surface area (TPSA) is 48.8 Å². The van der Waals surface area contributed by atoms with Gasteiger partial charge in [0.1, 0.15) is 17.5 Å². The van der Waals surface area contributed by atoms with E-state index in [1.807, 2.05) is 19.1 Å². The predicted molar refractivity (Wildman–Crippen MR) is 67.2 cm³/mol. The lowest BCUT2D eigenvalue weighted by atomic mass is 10.0. The molecule has 1 N–H and O–H groups in total. The summed E-state index contributed by atoms with van der Waals surface area (Å²) in [5.74, 6) is 0.715. The molecular formula is C13H11ClN2O. The van der Waals surface area contributed by atoms with Crippen molar-refractivity contribution in [2.75, 3.05) is 7.11 Å². The second-order valence-corrected chi connectivity index (χ2v) is 4.07. The third-order valence-electron chi connectivity index (χ3n) is 2.72. The van der Waals surface area contributed by atoms with Gasteiger partial charge in [-0.1, -0.05) is 11.6 Å². The number of nitriles is 1. The van der Waals surface area contributed by atoms with Crippen molar-refractivity contribution in [2.45, 2.75) is 6.92 Å². The third-order valence-corrected chi connectivity index (χ3v) is 3.03. The van der Waals surface area contributed by atoms with Crippen LogP contribution in [0.4, 0.5) is 0 Å². The molecule has 0 saturated carbocycles. The van der Waals surface area contributed by atoms with Gasteiger partial charge in [-0.2, -0.15) is 5.26 Å². The number of hydrogen-bond acceptors (Lipinski definition) is 2. The first-order valence-corrected chi connectivity index (χ1v) is 5.47. The van der Waals surface area contributed by atoms with Crippen molar-refractivity contribution in [3.8, 4) is 22.9 Å². The lowest BCUT2D eigenvalue weighted by Gasteiger charge is -2.06. The van der Waals surface area contributed by atoms with Gasteiger partial charge in [-0.3, -0.25) is 0 Å². The highest BCUT2D eigenvalue weighted by Crippen LogP contribution is 2.33. The minimum Gasteiger partial charge on any atom is -0.497 e. The van der Waals surface area contributed by atoms with E-state index >= 15 is 0 Å². The fraction of sp³-hybridized carbons (Fsp3) is 0.154. The molecule has 0 unspecified atom stereocenters. The van der Waals surface area contributed by atoms with E-state index in [1.165, 1.54) is 0 Å². The number of H-pyrrole nitrogens is 1. The number of nitrogens with zero attached hydrogens (tertiary/aromatic N) is 1. The maximum absolute atomic E-state index is 8.90. The number of rotatable bonds is 2. The summed E-state index contributed by atoms with van der Waals surface area (Å²) in [6.07, 6.45) is 1.79. The molecule has 0 amide bonds. The number of ether oxygens (including phenoxy) is 1. The quantitative estimate of drug-likeness (QED) is 0.881. The highest BCUT2D eigenvalue weighted by Gasteiger charge is 2.11. The minimum atomic E-state index is 0.562. The maximum atomic E-state index is 8.90. The zero-order chi connectivity index (χ0) is 12.4. The van der Waals surface area contributed by atoms with E-state index in [-0.39, 0.29) is 0 Å². The van der Waals surface area contributed by atoms with Crippen LogP contribution in [0, 0.1) is 18.3 Å². The first-order valence-electron chi connectivity index (χ1n) is 5.09. The first kappa shape index (κ1) is 11.6. The van der Waals surface area contributed by atoms with Crippen LogP contribution in [-0.4, -0.2) is 12.1 Å². The molecule has 2 rings (SSSR count). The number of aromatic amines is 1. The van der Waals surface area contributed by atoms with Crippen LogP contribution in [0.25, 0.3) is 11.1 Å². The molecule has 1 aromatic heterocycles. The molecule has 0 aliphatic rings. The molecule has 17 heavy (non-hydrogen) atoms. The molecule has 1 heterocycles.